The zero-order chi connectivity index (χ0) is 16.2. The Balaban J connectivity index is 1.84. The van der Waals surface area contributed by atoms with Gasteiger partial charge in [0.15, 0.2) is 11.5 Å². The van der Waals surface area contributed by atoms with Crippen LogP contribution in [0.5, 0.6) is 11.5 Å². The monoisotopic (exact) mass is 308 g/mol. The summed E-state index contributed by atoms with van der Waals surface area (Å²) in [5.41, 5.74) is 2.55. The van der Waals surface area contributed by atoms with E-state index in [0.717, 1.165) is 12.0 Å². The molecule has 0 aliphatic carbocycles. The SMILES string of the molecule is Cc1cc2c(cc1C(=O)Nc1ccc(C#N)cc1)OCCCO2. The van der Waals surface area contributed by atoms with E-state index in [1.807, 2.05) is 19.1 Å². The molecular formula is C18H16N2O3. The zero-order valence-electron chi connectivity index (χ0n) is 12.8. The molecule has 5 heteroatoms. The van der Waals surface area contributed by atoms with Gasteiger partial charge in [-0.05, 0) is 48.9 Å². The second kappa shape index (κ2) is 6.41. The van der Waals surface area contributed by atoms with Crippen LogP contribution in [0.2, 0.25) is 0 Å². The normalized spacial score (nSPS) is 12.9. The van der Waals surface area contributed by atoms with Crippen LogP contribution in [0.4, 0.5) is 5.69 Å². The molecule has 1 heterocycles. The predicted molar refractivity (Wildman–Crippen MR) is 85.9 cm³/mol. The van der Waals surface area contributed by atoms with Gasteiger partial charge in [-0.1, -0.05) is 0 Å². The van der Waals surface area contributed by atoms with Gasteiger partial charge in [-0.15, -0.1) is 0 Å². The van der Waals surface area contributed by atoms with E-state index >= 15 is 0 Å². The molecule has 0 unspecified atom stereocenters. The van der Waals surface area contributed by atoms with E-state index in [1.54, 1.807) is 30.3 Å². The van der Waals surface area contributed by atoms with Crippen molar-refractivity contribution in [2.45, 2.75) is 13.3 Å². The van der Waals surface area contributed by atoms with Crippen molar-refractivity contribution in [3.05, 3.63) is 53.1 Å². The number of fused-ring (bicyclic) bond motifs is 1. The van der Waals surface area contributed by atoms with Crippen molar-refractivity contribution < 1.29 is 14.3 Å². The lowest BCUT2D eigenvalue weighted by molar-refractivity contribution is 0.102. The standard InChI is InChI=1S/C18H16N2O3/c1-12-9-16-17(23-8-2-7-22-16)10-15(12)18(21)20-14-5-3-13(11-19)4-6-14/h3-6,9-10H,2,7-8H2,1H3,(H,20,21). The lowest BCUT2D eigenvalue weighted by Gasteiger charge is -2.12. The maximum absolute atomic E-state index is 12.5. The molecule has 1 amide bonds. The van der Waals surface area contributed by atoms with E-state index in [0.29, 0.717) is 41.5 Å². The number of amides is 1. The van der Waals surface area contributed by atoms with Crippen molar-refractivity contribution in [3.8, 4) is 17.6 Å². The van der Waals surface area contributed by atoms with Crippen LogP contribution in [-0.2, 0) is 0 Å². The first kappa shape index (κ1) is 14.9. The molecule has 3 rings (SSSR count). The van der Waals surface area contributed by atoms with Crippen LogP contribution < -0.4 is 14.8 Å². The molecule has 2 aromatic carbocycles. The van der Waals surface area contributed by atoms with Crippen LogP contribution in [0.15, 0.2) is 36.4 Å². The molecule has 23 heavy (non-hydrogen) atoms. The lowest BCUT2D eigenvalue weighted by atomic mass is 10.1. The molecule has 0 saturated carbocycles. The van der Waals surface area contributed by atoms with Crippen molar-refractivity contribution in [2.24, 2.45) is 0 Å². The fourth-order valence-electron chi connectivity index (χ4n) is 2.38. The quantitative estimate of drug-likeness (QED) is 0.924. The molecule has 0 spiro atoms. The number of hydrogen-bond donors (Lipinski definition) is 1. The minimum Gasteiger partial charge on any atom is -0.490 e. The molecule has 2 aromatic rings. The summed E-state index contributed by atoms with van der Waals surface area (Å²) in [6, 6.07) is 12.3. The Bertz CT molecular complexity index is 776. The van der Waals surface area contributed by atoms with E-state index in [1.165, 1.54) is 0 Å². The number of carbonyl (C=O) groups excluding carboxylic acids is 1. The molecule has 0 radical (unpaired) electrons. The molecule has 1 N–H and O–H groups in total. The third-order valence-corrected chi connectivity index (χ3v) is 3.61. The molecule has 1 aliphatic heterocycles. The number of aryl methyl sites for hydroxylation is 1. The first-order valence-corrected chi connectivity index (χ1v) is 7.39. The number of anilines is 1. The van der Waals surface area contributed by atoms with Gasteiger partial charge in [-0.3, -0.25) is 4.79 Å². The van der Waals surface area contributed by atoms with Gasteiger partial charge in [0.25, 0.3) is 5.91 Å². The Kier molecular flexibility index (Phi) is 4.15. The maximum atomic E-state index is 12.5. The summed E-state index contributed by atoms with van der Waals surface area (Å²) in [6.45, 7) is 3.05. The van der Waals surface area contributed by atoms with Gasteiger partial charge in [-0.25, -0.2) is 0 Å². The van der Waals surface area contributed by atoms with E-state index in [9.17, 15) is 4.79 Å². The molecular weight excluding hydrogens is 292 g/mol. The maximum Gasteiger partial charge on any atom is 0.256 e. The molecule has 1 aliphatic rings. The Hall–Kier alpha value is -3.00. The van der Waals surface area contributed by atoms with Crippen LogP contribution in [0.3, 0.4) is 0 Å². The first-order chi connectivity index (χ1) is 11.2. The second-order valence-corrected chi connectivity index (χ2v) is 5.31. The first-order valence-electron chi connectivity index (χ1n) is 7.39. The van der Waals surface area contributed by atoms with Gasteiger partial charge < -0.3 is 14.8 Å². The fourth-order valence-corrected chi connectivity index (χ4v) is 2.38. The highest BCUT2D eigenvalue weighted by molar-refractivity contribution is 6.05. The Morgan fingerprint density at radius 3 is 2.43 bits per heavy atom. The van der Waals surface area contributed by atoms with Crippen LogP contribution in [0.1, 0.15) is 27.9 Å². The second-order valence-electron chi connectivity index (χ2n) is 5.31. The number of benzene rings is 2. The van der Waals surface area contributed by atoms with Crippen LogP contribution >= 0.6 is 0 Å². The smallest absolute Gasteiger partial charge is 0.256 e. The van der Waals surface area contributed by atoms with Gasteiger partial charge >= 0.3 is 0 Å². The number of hydrogen-bond acceptors (Lipinski definition) is 4. The van der Waals surface area contributed by atoms with E-state index < -0.39 is 0 Å². The summed E-state index contributed by atoms with van der Waals surface area (Å²) in [6.07, 6.45) is 0.820. The molecule has 0 saturated heterocycles. The number of nitriles is 1. The number of carbonyl (C=O) groups is 1. The number of nitrogens with one attached hydrogen (secondary N) is 1. The van der Waals surface area contributed by atoms with Crippen molar-refractivity contribution in [2.75, 3.05) is 18.5 Å². The Morgan fingerprint density at radius 1 is 1.13 bits per heavy atom. The molecule has 0 bridgehead atoms. The predicted octanol–water partition coefficient (Wildman–Crippen LogP) is 3.28. The average molecular weight is 308 g/mol. The molecule has 116 valence electrons. The Morgan fingerprint density at radius 2 is 1.78 bits per heavy atom. The lowest BCUT2D eigenvalue weighted by Crippen LogP contribution is -2.13. The van der Waals surface area contributed by atoms with Crippen LogP contribution in [0, 0.1) is 18.3 Å². The van der Waals surface area contributed by atoms with Crippen molar-refractivity contribution in [1.82, 2.24) is 0 Å². The summed E-state index contributed by atoms with van der Waals surface area (Å²) in [7, 11) is 0. The molecule has 0 aromatic heterocycles. The van der Waals surface area contributed by atoms with E-state index in [2.05, 4.69) is 5.32 Å². The number of nitrogens with zero attached hydrogens (tertiary/aromatic N) is 1. The third kappa shape index (κ3) is 3.27. The average Bonchev–Trinajstić information content (AvgIpc) is 2.79. The van der Waals surface area contributed by atoms with Gasteiger partial charge in [0.2, 0.25) is 0 Å². The third-order valence-electron chi connectivity index (χ3n) is 3.61. The van der Waals surface area contributed by atoms with Crippen molar-refractivity contribution in [3.63, 3.8) is 0 Å². The highest BCUT2D eigenvalue weighted by Crippen LogP contribution is 2.33. The van der Waals surface area contributed by atoms with Gasteiger partial charge in [0.05, 0.1) is 24.8 Å². The van der Waals surface area contributed by atoms with Crippen molar-refractivity contribution >= 4 is 11.6 Å². The van der Waals surface area contributed by atoms with Crippen LogP contribution in [-0.4, -0.2) is 19.1 Å². The number of rotatable bonds is 2. The zero-order valence-corrected chi connectivity index (χ0v) is 12.8. The highest BCUT2D eigenvalue weighted by Gasteiger charge is 2.17. The summed E-state index contributed by atoms with van der Waals surface area (Å²) in [5.74, 6) is 1.05. The summed E-state index contributed by atoms with van der Waals surface area (Å²) in [4.78, 5) is 12.5. The number of ether oxygens (including phenoxy) is 2. The van der Waals surface area contributed by atoms with E-state index in [-0.39, 0.29) is 5.91 Å². The largest absolute Gasteiger partial charge is 0.490 e. The van der Waals surface area contributed by atoms with Crippen molar-refractivity contribution in [1.29, 1.82) is 5.26 Å². The molecule has 0 fully saturated rings. The van der Waals surface area contributed by atoms with Gasteiger partial charge in [-0.2, -0.15) is 5.26 Å². The van der Waals surface area contributed by atoms with Gasteiger partial charge in [0.1, 0.15) is 0 Å². The summed E-state index contributed by atoms with van der Waals surface area (Å²) in [5, 5.41) is 11.6. The summed E-state index contributed by atoms with van der Waals surface area (Å²) >= 11 is 0. The Labute approximate surface area is 134 Å². The minimum atomic E-state index is -0.220. The van der Waals surface area contributed by atoms with E-state index in [4.69, 9.17) is 14.7 Å². The molecule has 0 atom stereocenters. The van der Waals surface area contributed by atoms with Gasteiger partial charge in [0, 0.05) is 17.7 Å². The molecule has 5 nitrogen and oxygen atoms in total. The fraction of sp³-hybridized carbons (Fsp3) is 0.222. The summed E-state index contributed by atoms with van der Waals surface area (Å²) < 4.78 is 11.3. The van der Waals surface area contributed by atoms with Crippen LogP contribution in [0.25, 0.3) is 0 Å². The topological polar surface area (TPSA) is 71.4 Å². The minimum absolute atomic E-state index is 0.220. The highest BCUT2D eigenvalue weighted by atomic mass is 16.5.